The zero-order chi connectivity index (χ0) is 15.9. The highest BCUT2D eigenvalue weighted by Crippen LogP contribution is 2.18. The van der Waals surface area contributed by atoms with Gasteiger partial charge in [0.2, 0.25) is 5.91 Å². The highest BCUT2D eigenvalue weighted by atomic mass is 32.2. The van der Waals surface area contributed by atoms with E-state index in [1.54, 1.807) is 24.5 Å². The molecule has 2 rings (SSSR count). The zero-order valence-electron chi connectivity index (χ0n) is 12.6. The number of nitrogens with zero attached hydrogens (tertiary/aromatic N) is 3. The first-order chi connectivity index (χ1) is 10.6. The second-order valence-electron chi connectivity index (χ2n) is 5.09. The monoisotopic (exact) mass is 322 g/mol. The molecule has 0 saturated heterocycles. The van der Waals surface area contributed by atoms with Crippen LogP contribution in [0.1, 0.15) is 25.5 Å². The van der Waals surface area contributed by atoms with Gasteiger partial charge in [0, 0.05) is 12.6 Å². The third-order valence-corrected chi connectivity index (χ3v) is 4.06. The maximum atomic E-state index is 13.4. The fourth-order valence-electron chi connectivity index (χ4n) is 1.91. The molecule has 0 spiro atoms. The molecule has 0 radical (unpaired) electrons. The molecule has 1 heterocycles. The Balaban J connectivity index is 1.74. The van der Waals surface area contributed by atoms with E-state index in [1.165, 1.54) is 17.8 Å². The Morgan fingerprint density at radius 2 is 2.18 bits per heavy atom. The van der Waals surface area contributed by atoms with Gasteiger partial charge in [-0.2, -0.15) is 0 Å². The SMILES string of the molecule is CC(C)n1cnnc1SCC(=O)NCCc1ccccc1F. The Morgan fingerprint density at radius 1 is 1.41 bits per heavy atom. The molecule has 0 aliphatic rings. The Hall–Kier alpha value is -1.89. The Bertz CT molecular complexity index is 630. The van der Waals surface area contributed by atoms with Crippen LogP contribution >= 0.6 is 11.8 Å². The van der Waals surface area contributed by atoms with Crippen molar-refractivity contribution in [2.24, 2.45) is 0 Å². The first kappa shape index (κ1) is 16.5. The van der Waals surface area contributed by atoms with Crippen LogP contribution in [-0.2, 0) is 11.2 Å². The number of carbonyl (C=O) groups is 1. The molecule has 1 aromatic carbocycles. The van der Waals surface area contributed by atoms with Crippen molar-refractivity contribution in [3.8, 4) is 0 Å². The van der Waals surface area contributed by atoms with Crippen molar-refractivity contribution >= 4 is 17.7 Å². The van der Waals surface area contributed by atoms with Crippen LogP contribution in [0.5, 0.6) is 0 Å². The predicted octanol–water partition coefficient (Wildman–Crippen LogP) is 2.45. The minimum absolute atomic E-state index is 0.0976. The molecule has 7 heteroatoms. The van der Waals surface area contributed by atoms with Crippen molar-refractivity contribution in [1.29, 1.82) is 0 Å². The number of benzene rings is 1. The van der Waals surface area contributed by atoms with Crippen LogP contribution in [0.3, 0.4) is 0 Å². The zero-order valence-corrected chi connectivity index (χ0v) is 13.4. The number of hydrogen-bond acceptors (Lipinski definition) is 4. The molecule has 0 atom stereocenters. The van der Waals surface area contributed by atoms with Crippen LogP contribution in [0.4, 0.5) is 4.39 Å². The first-order valence-corrected chi connectivity index (χ1v) is 8.09. The molecule has 0 saturated carbocycles. The summed E-state index contributed by atoms with van der Waals surface area (Å²) in [5, 5.41) is 11.4. The highest BCUT2D eigenvalue weighted by Gasteiger charge is 2.10. The smallest absolute Gasteiger partial charge is 0.230 e. The number of thioether (sulfide) groups is 1. The lowest BCUT2D eigenvalue weighted by Gasteiger charge is -2.09. The quantitative estimate of drug-likeness (QED) is 0.796. The summed E-state index contributed by atoms with van der Waals surface area (Å²) in [6.07, 6.45) is 2.13. The van der Waals surface area contributed by atoms with Crippen molar-refractivity contribution in [1.82, 2.24) is 20.1 Å². The number of nitrogens with one attached hydrogen (secondary N) is 1. The maximum absolute atomic E-state index is 13.4. The van der Waals surface area contributed by atoms with Gasteiger partial charge in [-0.05, 0) is 31.9 Å². The lowest BCUT2D eigenvalue weighted by atomic mass is 10.1. The average molecular weight is 322 g/mol. The second-order valence-corrected chi connectivity index (χ2v) is 6.04. The molecule has 5 nitrogen and oxygen atoms in total. The van der Waals surface area contributed by atoms with Gasteiger partial charge in [0.1, 0.15) is 12.1 Å². The largest absolute Gasteiger partial charge is 0.355 e. The number of halogens is 1. The van der Waals surface area contributed by atoms with E-state index < -0.39 is 0 Å². The third kappa shape index (κ3) is 4.56. The van der Waals surface area contributed by atoms with Crippen LogP contribution in [0.15, 0.2) is 35.7 Å². The summed E-state index contributed by atoms with van der Waals surface area (Å²) in [6.45, 7) is 4.47. The Kier molecular flexibility index (Phi) is 5.94. The molecule has 0 aliphatic carbocycles. The number of hydrogen-bond donors (Lipinski definition) is 1. The molecule has 0 unspecified atom stereocenters. The van der Waals surface area contributed by atoms with Crippen molar-refractivity contribution in [3.63, 3.8) is 0 Å². The molecular weight excluding hydrogens is 303 g/mol. The molecule has 0 bridgehead atoms. The topological polar surface area (TPSA) is 59.8 Å². The van der Waals surface area contributed by atoms with Crippen molar-refractivity contribution in [2.45, 2.75) is 31.5 Å². The third-order valence-electron chi connectivity index (χ3n) is 3.10. The van der Waals surface area contributed by atoms with Gasteiger partial charge in [-0.25, -0.2) is 4.39 Å². The van der Waals surface area contributed by atoms with Crippen LogP contribution in [0.25, 0.3) is 0 Å². The van der Waals surface area contributed by atoms with Gasteiger partial charge in [-0.3, -0.25) is 4.79 Å². The fourth-order valence-corrected chi connectivity index (χ4v) is 2.78. The van der Waals surface area contributed by atoms with E-state index >= 15 is 0 Å². The van der Waals surface area contributed by atoms with Crippen molar-refractivity contribution < 1.29 is 9.18 Å². The van der Waals surface area contributed by atoms with Crippen LogP contribution < -0.4 is 5.32 Å². The summed E-state index contributed by atoms with van der Waals surface area (Å²) in [4.78, 5) is 11.8. The van der Waals surface area contributed by atoms with Gasteiger partial charge >= 0.3 is 0 Å². The lowest BCUT2D eigenvalue weighted by molar-refractivity contribution is -0.118. The normalized spacial score (nSPS) is 10.9. The van der Waals surface area contributed by atoms with Crippen molar-refractivity contribution in [3.05, 3.63) is 42.0 Å². The van der Waals surface area contributed by atoms with Gasteiger partial charge in [-0.1, -0.05) is 30.0 Å². The summed E-state index contributed by atoms with van der Waals surface area (Å²) < 4.78 is 15.3. The number of amides is 1. The summed E-state index contributed by atoms with van der Waals surface area (Å²) in [5.74, 6) is -0.0707. The summed E-state index contributed by atoms with van der Waals surface area (Å²) >= 11 is 1.34. The van der Waals surface area contributed by atoms with Crippen molar-refractivity contribution in [2.75, 3.05) is 12.3 Å². The highest BCUT2D eigenvalue weighted by molar-refractivity contribution is 7.99. The van der Waals surface area contributed by atoms with E-state index in [4.69, 9.17) is 0 Å². The number of aromatic nitrogens is 3. The standard InChI is InChI=1S/C15H19FN4OS/c1-11(2)20-10-18-19-15(20)22-9-14(21)17-8-7-12-5-3-4-6-13(12)16/h3-6,10-11H,7-9H2,1-2H3,(H,17,21). The fraction of sp³-hybridized carbons (Fsp3) is 0.400. The van der Waals surface area contributed by atoms with Crippen LogP contribution in [0.2, 0.25) is 0 Å². The Labute approximate surface area is 133 Å². The molecule has 0 fully saturated rings. The molecule has 1 aromatic heterocycles. The average Bonchev–Trinajstić information content (AvgIpc) is 2.96. The van der Waals surface area contributed by atoms with Gasteiger partial charge < -0.3 is 9.88 Å². The molecule has 22 heavy (non-hydrogen) atoms. The van der Waals surface area contributed by atoms with E-state index in [9.17, 15) is 9.18 Å². The number of rotatable bonds is 7. The summed E-state index contributed by atoms with van der Waals surface area (Å²) in [7, 11) is 0. The summed E-state index contributed by atoms with van der Waals surface area (Å²) in [6, 6.07) is 6.84. The molecule has 2 aromatic rings. The van der Waals surface area contributed by atoms with E-state index in [0.717, 1.165) is 5.16 Å². The molecule has 118 valence electrons. The summed E-state index contributed by atoms with van der Waals surface area (Å²) in [5.41, 5.74) is 0.606. The van der Waals surface area contributed by atoms with Gasteiger partial charge in [0.25, 0.3) is 0 Å². The van der Waals surface area contributed by atoms with Crippen LogP contribution in [0, 0.1) is 5.82 Å². The Morgan fingerprint density at radius 3 is 2.91 bits per heavy atom. The second kappa shape index (κ2) is 7.93. The lowest BCUT2D eigenvalue weighted by Crippen LogP contribution is -2.27. The minimum Gasteiger partial charge on any atom is -0.355 e. The van der Waals surface area contributed by atoms with E-state index in [0.29, 0.717) is 18.5 Å². The van der Waals surface area contributed by atoms with E-state index in [-0.39, 0.29) is 23.5 Å². The van der Waals surface area contributed by atoms with Gasteiger partial charge in [0.05, 0.1) is 5.75 Å². The van der Waals surface area contributed by atoms with Crippen LogP contribution in [-0.4, -0.2) is 33.0 Å². The van der Waals surface area contributed by atoms with Gasteiger partial charge in [-0.15, -0.1) is 10.2 Å². The van der Waals surface area contributed by atoms with Gasteiger partial charge in [0.15, 0.2) is 5.16 Å². The maximum Gasteiger partial charge on any atom is 0.230 e. The number of carbonyl (C=O) groups excluding carboxylic acids is 1. The molecule has 0 aliphatic heterocycles. The predicted molar refractivity (Wildman–Crippen MR) is 84.2 cm³/mol. The molecular formula is C15H19FN4OS. The van der Waals surface area contributed by atoms with E-state index in [2.05, 4.69) is 15.5 Å². The minimum atomic E-state index is -0.240. The van der Waals surface area contributed by atoms with E-state index in [1.807, 2.05) is 18.4 Å². The molecule has 1 amide bonds. The molecule has 1 N–H and O–H groups in total. The first-order valence-electron chi connectivity index (χ1n) is 7.10.